The molecule has 0 aliphatic rings. The summed E-state index contributed by atoms with van der Waals surface area (Å²) in [5.41, 5.74) is 6.35. The van der Waals surface area contributed by atoms with Crippen molar-refractivity contribution in [2.45, 2.75) is 0 Å². The largest absolute Gasteiger partial charge is 0.497 e. The van der Waals surface area contributed by atoms with Crippen molar-refractivity contribution in [2.75, 3.05) is 7.11 Å². The van der Waals surface area contributed by atoms with Crippen LogP contribution in [-0.4, -0.2) is 18.9 Å². The molecule has 3 rings (SSSR count). The summed E-state index contributed by atoms with van der Waals surface area (Å²) in [5.74, 6) is -0.474. The number of hydrogen-bond donors (Lipinski definition) is 2. The fourth-order valence-electron chi connectivity index (χ4n) is 2.34. The summed E-state index contributed by atoms with van der Waals surface area (Å²) < 4.78 is 18.1. The van der Waals surface area contributed by atoms with Crippen molar-refractivity contribution in [3.63, 3.8) is 0 Å². The van der Waals surface area contributed by atoms with Crippen molar-refractivity contribution in [2.24, 2.45) is 0 Å². The van der Waals surface area contributed by atoms with Gasteiger partial charge in [0, 0.05) is 11.0 Å². The molecule has 2 N–H and O–H groups in total. The number of rotatable bonds is 5. The highest BCUT2D eigenvalue weighted by Gasteiger charge is 2.11. The van der Waals surface area contributed by atoms with E-state index < -0.39 is 11.8 Å². The Bertz CT molecular complexity index is 995. The van der Waals surface area contributed by atoms with Crippen LogP contribution in [0.3, 0.4) is 0 Å². The first-order valence-corrected chi connectivity index (χ1v) is 9.15. The molecule has 3 aromatic rings. The van der Waals surface area contributed by atoms with E-state index in [2.05, 4.69) is 10.9 Å². The smallest absolute Gasteiger partial charge is 0.279 e. The Morgan fingerprint density at radius 3 is 2.36 bits per heavy atom. The molecule has 0 bridgehead atoms. The van der Waals surface area contributed by atoms with Gasteiger partial charge in [-0.15, -0.1) is 11.3 Å². The second-order valence-corrected chi connectivity index (χ2v) is 6.80. The van der Waals surface area contributed by atoms with E-state index in [4.69, 9.17) is 4.74 Å². The van der Waals surface area contributed by atoms with E-state index in [1.807, 2.05) is 12.1 Å². The highest BCUT2D eigenvalue weighted by atomic mass is 32.1. The maximum absolute atomic E-state index is 13.0. The number of halogens is 1. The minimum atomic E-state index is -0.459. The number of ether oxygens (including phenoxy) is 1. The highest BCUT2D eigenvalue weighted by molar-refractivity contribution is 7.17. The predicted octanol–water partition coefficient (Wildman–Crippen LogP) is 4.04. The third kappa shape index (κ3) is 5.05. The second kappa shape index (κ2) is 8.96. The molecular formula is C21H17FN2O3S. The van der Waals surface area contributed by atoms with Crippen LogP contribution in [0.2, 0.25) is 0 Å². The van der Waals surface area contributed by atoms with Crippen LogP contribution >= 0.6 is 11.3 Å². The lowest BCUT2D eigenvalue weighted by atomic mass is 10.2. The number of benzene rings is 2. The van der Waals surface area contributed by atoms with Crippen LogP contribution in [0.25, 0.3) is 16.5 Å². The third-order valence-corrected chi connectivity index (χ3v) is 4.93. The van der Waals surface area contributed by atoms with Crippen molar-refractivity contribution >= 4 is 29.2 Å². The van der Waals surface area contributed by atoms with Crippen LogP contribution in [0.5, 0.6) is 5.75 Å². The summed E-state index contributed by atoms with van der Waals surface area (Å²) in [5, 5.41) is 0. The summed E-state index contributed by atoms with van der Waals surface area (Å²) >= 11 is 1.25. The number of hydrogen-bond acceptors (Lipinski definition) is 4. The molecule has 1 aromatic heterocycles. The molecule has 1 heterocycles. The Kier molecular flexibility index (Phi) is 6.18. The Morgan fingerprint density at radius 1 is 0.964 bits per heavy atom. The van der Waals surface area contributed by atoms with Crippen LogP contribution in [0, 0.1) is 5.82 Å². The summed E-state index contributed by atoms with van der Waals surface area (Å²) in [6.45, 7) is 0. The van der Waals surface area contributed by atoms with Gasteiger partial charge in [0.1, 0.15) is 11.6 Å². The average molecular weight is 396 g/mol. The minimum absolute atomic E-state index is 0.316. The number of nitrogens with one attached hydrogen (secondary N) is 2. The fourth-order valence-corrected chi connectivity index (χ4v) is 3.24. The van der Waals surface area contributed by atoms with E-state index in [1.165, 1.54) is 29.5 Å². The van der Waals surface area contributed by atoms with Crippen LogP contribution in [0.4, 0.5) is 4.39 Å². The maximum atomic E-state index is 13.0. The number of hydrazine groups is 1. The van der Waals surface area contributed by atoms with Crippen molar-refractivity contribution < 1.29 is 18.7 Å². The molecule has 0 radical (unpaired) electrons. The van der Waals surface area contributed by atoms with E-state index in [-0.39, 0.29) is 5.82 Å². The normalized spacial score (nSPS) is 10.6. The Morgan fingerprint density at radius 2 is 1.68 bits per heavy atom. The lowest BCUT2D eigenvalue weighted by molar-refractivity contribution is -0.117. The van der Waals surface area contributed by atoms with Gasteiger partial charge >= 0.3 is 0 Å². The molecule has 2 aromatic carbocycles. The molecule has 2 amide bonds. The third-order valence-electron chi connectivity index (χ3n) is 3.80. The molecule has 7 heteroatoms. The molecular weight excluding hydrogens is 379 g/mol. The molecule has 0 atom stereocenters. The first-order chi connectivity index (χ1) is 13.5. The Balaban J connectivity index is 1.54. The molecule has 0 spiro atoms. The lowest BCUT2D eigenvalue weighted by Crippen LogP contribution is -2.40. The van der Waals surface area contributed by atoms with Gasteiger partial charge in [-0.25, -0.2) is 4.39 Å². The average Bonchev–Trinajstić information content (AvgIpc) is 3.21. The van der Waals surface area contributed by atoms with Crippen molar-refractivity contribution in [1.82, 2.24) is 10.9 Å². The van der Waals surface area contributed by atoms with Gasteiger partial charge in [0.25, 0.3) is 11.8 Å². The molecule has 0 saturated carbocycles. The summed E-state index contributed by atoms with van der Waals surface area (Å²) in [4.78, 5) is 25.3. The van der Waals surface area contributed by atoms with Crippen molar-refractivity contribution in [1.29, 1.82) is 0 Å². The van der Waals surface area contributed by atoms with E-state index in [9.17, 15) is 14.0 Å². The first kappa shape index (κ1) is 19.3. The number of carbonyl (C=O) groups is 2. The maximum Gasteiger partial charge on any atom is 0.279 e. The highest BCUT2D eigenvalue weighted by Crippen LogP contribution is 2.28. The Labute approximate surface area is 165 Å². The zero-order chi connectivity index (χ0) is 19.9. The van der Waals surface area contributed by atoms with Gasteiger partial charge in [-0.05, 0) is 53.6 Å². The van der Waals surface area contributed by atoms with Gasteiger partial charge in [-0.2, -0.15) is 0 Å². The number of amides is 2. The van der Waals surface area contributed by atoms with Gasteiger partial charge in [-0.1, -0.05) is 24.3 Å². The molecule has 0 unspecified atom stereocenters. The molecule has 0 aliphatic heterocycles. The first-order valence-electron chi connectivity index (χ1n) is 8.33. The van der Waals surface area contributed by atoms with Crippen LogP contribution in [0.1, 0.15) is 15.2 Å². The predicted molar refractivity (Wildman–Crippen MR) is 107 cm³/mol. The fraction of sp³-hybridized carbons (Fsp3) is 0.0476. The molecule has 5 nitrogen and oxygen atoms in total. The van der Waals surface area contributed by atoms with E-state index in [1.54, 1.807) is 49.6 Å². The van der Waals surface area contributed by atoms with Crippen LogP contribution in [0.15, 0.2) is 66.7 Å². The number of methoxy groups -OCH3 is 1. The quantitative estimate of drug-likeness (QED) is 0.505. The molecule has 0 saturated heterocycles. The van der Waals surface area contributed by atoms with Gasteiger partial charge in [-0.3, -0.25) is 20.4 Å². The number of carbonyl (C=O) groups excluding carboxylic acids is 2. The van der Waals surface area contributed by atoms with Gasteiger partial charge in [0.05, 0.1) is 12.0 Å². The molecule has 0 aliphatic carbocycles. The van der Waals surface area contributed by atoms with Gasteiger partial charge < -0.3 is 4.74 Å². The SMILES string of the molecule is COc1ccc(/C=C/C(=O)NNC(=O)c2ccc(-c3ccc(F)cc3)s2)cc1. The lowest BCUT2D eigenvalue weighted by Gasteiger charge is -2.03. The van der Waals surface area contributed by atoms with Crippen molar-refractivity contribution in [3.8, 4) is 16.2 Å². The minimum Gasteiger partial charge on any atom is -0.497 e. The summed E-state index contributed by atoms with van der Waals surface area (Å²) in [6, 6.07) is 16.6. The zero-order valence-electron chi connectivity index (χ0n) is 14.9. The second-order valence-electron chi connectivity index (χ2n) is 5.72. The molecule has 28 heavy (non-hydrogen) atoms. The van der Waals surface area contributed by atoms with Crippen molar-refractivity contribution in [3.05, 3.63) is 83.0 Å². The topological polar surface area (TPSA) is 67.4 Å². The number of thiophene rings is 1. The van der Waals surface area contributed by atoms with E-state index >= 15 is 0 Å². The summed E-state index contributed by atoms with van der Waals surface area (Å²) in [7, 11) is 1.58. The van der Waals surface area contributed by atoms with E-state index in [0.717, 1.165) is 21.8 Å². The standard InChI is InChI=1S/C21H17FN2O3S/c1-27-17-9-2-14(3-10-17)4-13-20(25)23-24-21(26)19-12-11-18(28-19)15-5-7-16(22)8-6-15/h2-13H,1H3,(H,23,25)(H,24,26)/b13-4+. The van der Waals surface area contributed by atoms with Crippen LogP contribution < -0.4 is 15.6 Å². The van der Waals surface area contributed by atoms with Gasteiger partial charge in [0.2, 0.25) is 0 Å². The van der Waals surface area contributed by atoms with Gasteiger partial charge in [0.15, 0.2) is 0 Å². The zero-order valence-corrected chi connectivity index (χ0v) is 15.8. The van der Waals surface area contributed by atoms with Crippen LogP contribution in [-0.2, 0) is 4.79 Å². The Hall–Kier alpha value is -3.45. The molecule has 142 valence electrons. The summed E-state index contributed by atoms with van der Waals surface area (Å²) in [6.07, 6.45) is 2.94. The molecule has 0 fully saturated rings. The monoisotopic (exact) mass is 396 g/mol. The van der Waals surface area contributed by atoms with E-state index in [0.29, 0.717) is 4.88 Å².